The van der Waals surface area contributed by atoms with Crippen LogP contribution in [0.4, 0.5) is 0 Å². The molecule has 120 valence electrons. The molecule has 0 aliphatic heterocycles. The molecule has 0 bridgehead atoms. The van der Waals surface area contributed by atoms with Gasteiger partial charge in [0, 0.05) is 0 Å². The highest BCUT2D eigenvalue weighted by molar-refractivity contribution is 5.27. The lowest BCUT2D eigenvalue weighted by molar-refractivity contribution is 0.133. The third-order valence-electron chi connectivity index (χ3n) is 3.93. The molecule has 0 radical (unpaired) electrons. The lowest BCUT2D eigenvalue weighted by Crippen LogP contribution is -2.19. The van der Waals surface area contributed by atoms with Gasteiger partial charge in [-0.3, -0.25) is 0 Å². The molecule has 0 aliphatic rings. The molecular formula is C20H34O. The highest BCUT2D eigenvalue weighted by atomic mass is 16.3. The Morgan fingerprint density at radius 3 is 1.90 bits per heavy atom. The molecule has 2 atom stereocenters. The lowest BCUT2D eigenvalue weighted by Gasteiger charge is -2.25. The van der Waals surface area contributed by atoms with E-state index in [2.05, 4.69) is 72.7 Å². The minimum absolute atomic E-state index is 0.193. The normalized spacial score (nSPS) is 15.8. The maximum absolute atomic E-state index is 10.3. The van der Waals surface area contributed by atoms with Gasteiger partial charge in [0.25, 0.3) is 0 Å². The molecule has 0 amide bonds. The standard InChI is InChI=1S/C20H34O/c1-15(14-19(2,3)4)12-18(21)13-16-8-10-17(11-9-16)20(5,6)7/h8-11,15,18,21H,12-14H2,1-7H3. The van der Waals surface area contributed by atoms with Gasteiger partial charge >= 0.3 is 0 Å². The second-order valence-electron chi connectivity index (χ2n) is 8.91. The van der Waals surface area contributed by atoms with E-state index in [4.69, 9.17) is 0 Å². The maximum atomic E-state index is 10.3. The van der Waals surface area contributed by atoms with E-state index < -0.39 is 0 Å². The molecule has 0 aliphatic carbocycles. The molecule has 0 fully saturated rings. The Labute approximate surface area is 131 Å². The van der Waals surface area contributed by atoms with Crippen molar-refractivity contribution in [2.45, 2.75) is 79.2 Å². The topological polar surface area (TPSA) is 20.2 Å². The van der Waals surface area contributed by atoms with Crippen LogP contribution in [-0.4, -0.2) is 11.2 Å². The summed E-state index contributed by atoms with van der Waals surface area (Å²) in [5, 5.41) is 10.3. The van der Waals surface area contributed by atoms with Gasteiger partial charge in [0.1, 0.15) is 0 Å². The molecule has 0 saturated carbocycles. The Morgan fingerprint density at radius 2 is 1.48 bits per heavy atom. The zero-order valence-corrected chi connectivity index (χ0v) is 15.0. The van der Waals surface area contributed by atoms with Crippen molar-refractivity contribution in [3.05, 3.63) is 35.4 Å². The van der Waals surface area contributed by atoms with Crippen LogP contribution in [0.25, 0.3) is 0 Å². The summed E-state index contributed by atoms with van der Waals surface area (Å²) in [6, 6.07) is 8.72. The predicted octanol–water partition coefficient (Wildman–Crippen LogP) is 5.35. The molecule has 0 heterocycles. The van der Waals surface area contributed by atoms with Crippen LogP contribution in [0, 0.1) is 11.3 Å². The van der Waals surface area contributed by atoms with E-state index in [1.54, 1.807) is 0 Å². The highest BCUT2D eigenvalue weighted by Crippen LogP contribution is 2.27. The Bertz CT molecular complexity index is 417. The number of benzene rings is 1. The zero-order chi connectivity index (χ0) is 16.3. The van der Waals surface area contributed by atoms with Crippen LogP contribution in [0.5, 0.6) is 0 Å². The van der Waals surface area contributed by atoms with E-state index in [-0.39, 0.29) is 11.5 Å². The Balaban J connectivity index is 2.53. The fourth-order valence-electron chi connectivity index (χ4n) is 3.09. The van der Waals surface area contributed by atoms with E-state index in [0.29, 0.717) is 11.3 Å². The first-order chi connectivity index (χ1) is 9.47. The van der Waals surface area contributed by atoms with Gasteiger partial charge in [0.2, 0.25) is 0 Å². The summed E-state index contributed by atoms with van der Waals surface area (Å²) >= 11 is 0. The van der Waals surface area contributed by atoms with Gasteiger partial charge in [0.15, 0.2) is 0 Å². The molecule has 1 aromatic carbocycles. The fraction of sp³-hybridized carbons (Fsp3) is 0.700. The Kier molecular flexibility index (Phi) is 6.04. The monoisotopic (exact) mass is 290 g/mol. The van der Waals surface area contributed by atoms with Crippen molar-refractivity contribution in [3.8, 4) is 0 Å². The summed E-state index contributed by atoms with van der Waals surface area (Å²) in [6.07, 6.45) is 2.58. The minimum atomic E-state index is -0.233. The molecule has 21 heavy (non-hydrogen) atoms. The van der Waals surface area contributed by atoms with Crippen LogP contribution >= 0.6 is 0 Å². The minimum Gasteiger partial charge on any atom is -0.393 e. The van der Waals surface area contributed by atoms with Crippen LogP contribution in [0.2, 0.25) is 0 Å². The van der Waals surface area contributed by atoms with Crippen LogP contribution in [0.1, 0.15) is 72.4 Å². The first-order valence-corrected chi connectivity index (χ1v) is 8.25. The average Bonchev–Trinajstić information content (AvgIpc) is 2.25. The van der Waals surface area contributed by atoms with Crippen molar-refractivity contribution < 1.29 is 5.11 Å². The van der Waals surface area contributed by atoms with Gasteiger partial charge in [-0.2, -0.15) is 0 Å². The van der Waals surface area contributed by atoms with Crippen LogP contribution in [0.3, 0.4) is 0 Å². The smallest absolute Gasteiger partial charge is 0.0583 e. The van der Waals surface area contributed by atoms with Crippen LogP contribution in [-0.2, 0) is 11.8 Å². The molecule has 1 heteroatoms. The van der Waals surface area contributed by atoms with Crippen molar-refractivity contribution in [2.24, 2.45) is 11.3 Å². The maximum Gasteiger partial charge on any atom is 0.0583 e. The van der Waals surface area contributed by atoms with E-state index in [9.17, 15) is 5.11 Å². The van der Waals surface area contributed by atoms with Crippen LogP contribution in [0.15, 0.2) is 24.3 Å². The molecular weight excluding hydrogens is 256 g/mol. The summed E-state index contributed by atoms with van der Waals surface area (Å²) in [5.74, 6) is 0.564. The SMILES string of the molecule is CC(CC(O)Cc1ccc(C(C)(C)C)cc1)CC(C)(C)C. The molecule has 0 saturated heterocycles. The summed E-state index contributed by atoms with van der Waals surface area (Å²) in [6.45, 7) is 15.7. The van der Waals surface area contributed by atoms with E-state index in [1.807, 2.05) is 0 Å². The van der Waals surface area contributed by atoms with Gasteiger partial charge in [0.05, 0.1) is 6.10 Å². The van der Waals surface area contributed by atoms with Gasteiger partial charge in [-0.15, -0.1) is 0 Å². The van der Waals surface area contributed by atoms with Gasteiger partial charge in [-0.05, 0) is 47.1 Å². The zero-order valence-electron chi connectivity index (χ0n) is 15.0. The van der Waals surface area contributed by atoms with Gasteiger partial charge in [-0.25, -0.2) is 0 Å². The summed E-state index contributed by atoms with van der Waals surface area (Å²) < 4.78 is 0. The fourth-order valence-corrected chi connectivity index (χ4v) is 3.09. The van der Waals surface area contributed by atoms with E-state index >= 15 is 0 Å². The van der Waals surface area contributed by atoms with Crippen molar-refractivity contribution in [1.29, 1.82) is 0 Å². The molecule has 0 spiro atoms. The summed E-state index contributed by atoms with van der Waals surface area (Å²) in [5.41, 5.74) is 3.12. The highest BCUT2D eigenvalue weighted by Gasteiger charge is 2.18. The Hall–Kier alpha value is -0.820. The van der Waals surface area contributed by atoms with E-state index in [0.717, 1.165) is 19.3 Å². The van der Waals surface area contributed by atoms with Gasteiger partial charge in [-0.1, -0.05) is 72.7 Å². The largest absolute Gasteiger partial charge is 0.393 e. The second-order valence-corrected chi connectivity index (χ2v) is 8.91. The number of hydrogen-bond acceptors (Lipinski definition) is 1. The van der Waals surface area contributed by atoms with Crippen molar-refractivity contribution >= 4 is 0 Å². The number of aliphatic hydroxyl groups excluding tert-OH is 1. The first kappa shape index (κ1) is 18.2. The average molecular weight is 290 g/mol. The lowest BCUT2D eigenvalue weighted by atomic mass is 9.82. The summed E-state index contributed by atoms with van der Waals surface area (Å²) in [4.78, 5) is 0. The molecule has 0 aromatic heterocycles. The third kappa shape index (κ3) is 7.13. The molecule has 1 nitrogen and oxygen atoms in total. The van der Waals surface area contributed by atoms with Crippen molar-refractivity contribution in [2.75, 3.05) is 0 Å². The van der Waals surface area contributed by atoms with Crippen LogP contribution < -0.4 is 0 Å². The molecule has 2 unspecified atom stereocenters. The summed E-state index contributed by atoms with van der Waals surface area (Å²) in [7, 11) is 0. The molecule has 1 rings (SSSR count). The predicted molar refractivity (Wildman–Crippen MR) is 92.7 cm³/mol. The van der Waals surface area contributed by atoms with Crippen molar-refractivity contribution in [1.82, 2.24) is 0 Å². The van der Waals surface area contributed by atoms with Crippen molar-refractivity contribution in [3.63, 3.8) is 0 Å². The number of rotatable bonds is 5. The Morgan fingerprint density at radius 1 is 0.952 bits per heavy atom. The quantitative estimate of drug-likeness (QED) is 0.775. The number of aliphatic hydroxyl groups is 1. The number of hydrogen-bond donors (Lipinski definition) is 1. The second kappa shape index (κ2) is 6.96. The first-order valence-electron chi connectivity index (χ1n) is 8.25. The molecule has 1 aromatic rings. The third-order valence-corrected chi connectivity index (χ3v) is 3.93. The van der Waals surface area contributed by atoms with Gasteiger partial charge < -0.3 is 5.11 Å². The molecule has 1 N–H and O–H groups in total. The van der Waals surface area contributed by atoms with E-state index in [1.165, 1.54) is 11.1 Å².